The Bertz CT molecular complexity index is 797. The molecule has 0 unspecified atom stereocenters. The number of tetrazole rings is 1. The lowest BCUT2D eigenvalue weighted by Crippen LogP contribution is -2.43. The van der Waals surface area contributed by atoms with Crippen molar-refractivity contribution in [2.75, 3.05) is 13.1 Å². The summed E-state index contributed by atoms with van der Waals surface area (Å²) in [5, 5.41) is 12.4. The highest BCUT2D eigenvalue weighted by Crippen LogP contribution is 2.34. The van der Waals surface area contributed by atoms with Crippen LogP contribution in [0.4, 0.5) is 4.39 Å². The number of piperidine rings is 1. The van der Waals surface area contributed by atoms with Crippen LogP contribution in [0.5, 0.6) is 0 Å². The number of halogens is 1. The van der Waals surface area contributed by atoms with Crippen LogP contribution in [0.3, 0.4) is 0 Å². The van der Waals surface area contributed by atoms with Crippen LogP contribution in [0.15, 0.2) is 24.3 Å². The van der Waals surface area contributed by atoms with Crippen molar-refractivity contribution in [2.24, 2.45) is 11.7 Å². The van der Waals surface area contributed by atoms with Gasteiger partial charge in [0.05, 0.1) is 5.54 Å². The van der Waals surface area contributed by atoms with Crippen LogP contribution in [-0.4, -0.2) is 44.1 Å². The molecular formula is C19H27FN6O. The van der Waals surface area contributed by atoms with Crippen molar-refractivity contribution in [1.29, 1.82) is 0 Å². The second-order valence-electron chi connectivity index (χ2n) is 7.75. The van der Waals surface area contributed by atoms with Crippen LogP contribution >= 0.6 is 0 Å². The fourth-order valence-corrected chi connectivity index (χ4v) is 3.58. The summed E-state index contributed by atoms with van der Waals surface area (Å²) in [6.45, 7) is 7.45. The van der Waals surface area contributed by atoms with Crippen LogP contribution in [-0.2, 0) is 10.3 Å². The lowest BCUT2D eigenvalue weighted by molar-refractivity contribution is -0.123. The quantitative estimate of drug-likeness (QED) is 0.837. The van der Waals surface area contributed by atoms with Crippen LogP contribution in [0.2, 0.25) is 0 Å². The van der Waals surface area contributed by atoms with Crippen molar-refractivity contribution in [3.8, 4) is 0 Å². The van der Waals surface area contributed by atoms with Gasteiger partial charge in [0.25, 0.3) is 0 Å². The minimum atomic E-state index is -0.416. The summed E-state index contributed by atoms with van der Waals surface area (Å²) in [6.07, 6.45) is 2.14. The highest BCUT2D eigenvalue weighted by molar-refractivity contribution is 5.76. The van der Waals surface area contributed by atoms with Gasteiger partial charge in [0.1, 0.15) is 11.9 Å². The van der Waals surface area contributed by atoms with Gasteiger partial charge < -0.3 is 5.73 Å². The second-order valence-corrected chi connectivity index (χ2v) is 7.75. The van der Waals surface area contributed by atoms with E-state index < -0.39 is 6.04 Å². The van der Waals surface area contributed by atoms with Crippen molar-refractivity contribution in [3.63, 3.8) is 0 Å². The SMILES string of the molecule is CCC(C)(C)n1nnnc1[C@@H](c1ccccc1F)N1CCC(C(N)=O)CC1. The Morgan fingerprint density at radius 2 is 2.00 bits per heavy atom. The second kappa shape index (κ2) is 7.72. The first-order chi connectivity index (χ1) is 12.8. The van der Waals surface area contributed by atoms with E-state index in [4.69, 9.17) is 5.73 Å². The Labute approximate surface area is 158 Å². The molecule has 2 heterocycles. The first-order valence-electron chi connectivity index (χ1n) is 9.41. The normalized spacial score (nSPS) is 17.8. The number of hydrogen-bond donors (Lipinski definition) is 1. The average molecular weight is 374 g/mol. The number of benzene rings is 1. The monoisotopic (exact) mass is 374 g/mol. The van der Waals surface area contributed by atoms with E-state index in [-0.39, 0.29) is 23.2 Å². The lowest BCUT2D eigenvalue weighted by Gasteiger charge is -2.37. The molecule has 1 fully saturated rings. The summed E-state index contributed by atoms with van der Waals surface area (Å²) in [5.41, 5.74) is 5.71. The Morgan fingerprint density at radius 3 is 2.59 bits per heavy atom. The third-order valence-corrected chi connectivity index (χ3v) is 5.67. The Morgan fingerprint density at radius 1 is 1.33 bits per heavy atom. The van der Waals surface area contributed by atoms with Gasteiger partial charge in [-0.3, -0.25) is 9.69 Å². The Balaban J connectivity index is 2.02. The Hall–Kier alpha value is -2.35. The third kappa shape index (κ3) is 3.85. The summed E-state index contributed by atoms with van der Waals surface area (Å²) in [7, 11) is 0. The molecule has 8 heteroatoms. The molecule has 0 saturated carbocycles. The van der Waals surface area contributed by atoms with Gasteiger partial charge in [-0.15, -0.1) is 5.10 Å². The van der Waals surface area contributed by atoms with Crippen molar-refractivity contribution < 1.29 is 9.18 Å². The molecular weight excluding hydrogens is 347 g/mol. The van der Waals surface area contributed by atoms with Gasteiger partial charge in [0.15, 0.2) is 5.82 Å². The van der Waals surface area contributed by atoms with Crippen molar-refractivity contribution in [1.82, 2.24) is 25.1 Å². The molecule has 27 heavy (non-hydrogen) atoms. The third-order valence-electron chi connectivity index (χ3n) is 5.67. The number of hydrogen-bond acceptors (Lipinski definition) is 5. The molecule has 1 amide bonds. The average Bonchev–Trinajstić information content (AvgIpc) is 3.14. The van der Waals surface area contributed by atoms with E-state index in [1.807, 2.05) is 6.07 Å². The van der Waals surface area contributed by atoms with Gasteiger partial charge >= 0.3 is 0 Å². The predicted octanol–water partition coefficient (Wildman–Crippen LogP) is 2.24. The van der Waals surface area contributed by atoms with E-state index in [9.17, 15) is 9.18 Å². The topological polar surface area (TPSA) is 89.9 Å². The molecule has 3 rings (SSSR count). The number of nitrogens with zero attached hydrogens (tertiary/aromatic N) is 5. The van der Waals surface area contributed by atoms with E-state index in [0.29, 0.717) is 37.3 Å². The molecule has 1 aromatic carbocycles. The summed E-state index contributed by atoms with van der Waals surface area (Å²) in [4.78, 5) is 13.7. The van der Waals surface area contributed by atoms with E-state index in [1.54, 1.807) is 16.8 Å². The van der Waals surface area contributed by atoms with Crippen LogP contribution in [0.25, 0.3) is 0 Å². The maximum Gasteiger partial charge on any atom is 0.220 e. The lowest BCUT2D eigenvalue weighted by atomic mass is 9.93. The minimum Gasteiger partial charge on any atom is -0.369 e. The highest BCUT2D eigenvalue weighted by atomic mass is 19.1. The van der Waals surface area contributed by atoms with Crippen LogP contribution in [0.1, 0.15) is 57.5 Å². The molecule has 2 N–H and O–H groups in total. The largest absolute Gasteiger partial charge is 0.369 e. The number of aromatic nitrogens is 4. The van der Waals surface area contributed by atoms with Crippen LogP contribution < -0.4 is 5.73 Å². The Kier molecular flexibility index (Phi) is 5.55. The van der Waals surface area contributed by atoms with Crippen LogP contribution in [0, 0.1) is 11.7 Å². The summed E-state index contributed by atoms with van der Waals surface area (Å²) >= 11 is 0. The first-order valence-corrected chi connectivity index (χ1v) is 9.41. The zero-order chi connectivity index (χ0) is 19.6. The summed E-state index contributed by atoms with van der Waals surface area (Å²) in [6, 6.07) is 6.31. The molecule has 1 atom stereocenters. The summed E-state index contributed by atoms with van der Waals surface area (Å²) < 4.78 is 16.5. The van der Waals surface area contributed by atoms with E-state index >= 15 is 0 Å². The first kappa shape index (κ1) is 19.4. The molecule has 2 aromatic rings. The van der Waals surface area contributed by atoms with E-state index in [1.165, 1.54) is 6.07 Å². The van der Waals surface area contributed by atoms with Crippen molar-refractivity contribution in [3.05, 3.63) is 41.5 Å². The number of likely N-dealkylation sites (tertiary alicyclic amines) is 1. The van der Waals surface area contributed by atoms with E-state index in [2.05, 4.69) is 41.2 Å². The van der Waals surface area contributed by atoms with Gasteiger partial charge in [-0.25, -0.2) is 9.07 Å². The number of carbonyl (C=O) groups is 1. The molecule has 0 aliphatic carbocycles. The number of rotatable bonds is 6. The molecule has 146 valence electrons. The fourth-order valence-electron chi connectivity index (χ4n) is 3.58. The predicted molar refractivity (Wildman–Crippen MR) is 99.2 cm³/mol. The van der Waals surface area contributed by atoms with Crippen molar-refractivity contribution in [2.45, 2.75) is 51.6 Å². The van der Waals surface area contributed by atoms with Gasteiger partial charge in [0.2, 0.25) is 5.91 Å². The molecule has 1 saturated heterocycles. The molecule has 0 spiro atoms. The molecule has 0 bridgehead atoms. The van der Waals surface area contributed by atoms with Gasteiger partial charge in [-0.1, -0.05) is 25.1 Å². The van der Waals surface area contributed by atoms with Crippen molar-refractivity contribution >= 4 is 5.91 Å². The number of primary amides is 1. The van der Waals surface area contributed by atoms with E-state index in [0.717, 1.165) is 6.42 Å². The minimum absolute atomic E-state index is 0.134. The molecule has 1 aliphatic rings. The molecule has 1 aliphatic heterocycles. The molecule has 1 aromatic heterocycles. The standard InChI is InChI=1S/C19H27FN6O/c1-4-19(2,3)26-18(22-23-24-26)16(14-7-5-6-8-15(14)20)25-11-9-13(10-12-25)17(21)27/h5-8,13,16H,4,9-12H2,1-3H3,(H2,21,27)/t16-/m1/s1. The molecule has 0 radical (unpaired) electrons. The number of carbonyl (C=O) groups excluding carboxylic acids is 1. The summed E-state index contributed by atoms with van der Waals surface area (Å²) in [5.74, 6) is -0.0764. The number of amides is 1. The zero-order valence-corrected chi connectivity index (χ0v) is 16.1. The van der Waals surface area contributed by atoms with Gasteiger partial charge in [0, 0.05) is 11.5 Å². The smallest absolute Gasteiger partial charge is 0.220 e. The van der Waals surface area contributed by atoms with Gasteiger partial charge in [-0.2, -0.15) is 0 Å². The fraction of sp³-hybridized carbons (Fsp3) is 0.579. The van der Waals surface area contributed by atoms with Gasteiger partial charge in [-0.05, 0) is 62.7 Å². The maximum atomic E-state index is 14.7. The molecule has 7 nitrogen and oxygen atoms in total. The zero-order valence-electron chi connectivity index (χ0n) is 16.1. The maximum absolute atomic E-state index is 14.7. The highest BCUT2D eigenvalue weighted by Gasteiger charge is 2.36. The number of nitrogens with two attached hydrogens (primary N) is 1.